The van der Waals surface area contributed by atoms with Gasteiger partial charge in [0.25, 0.3) is 0 Å². The van der Waals surface area contributed by atoms with E-state index in [9.17, 15) is 4.79 Å². The van der Waals surface area contributed by atoms with E-state index in [2.05, 4.69) is 4.99 Å². The van der Waals surface area contributed by atoms with Gasteiger partial charge in [0.15, 0.2) is 5.78 Å². The summed E-state index contributed by atoms with van der Waals surface area (Å²) in [7, 11) is 1.61. The van der Waals surface area contributed by atoms with Gasteiger partial charge in [-0.05, 0) is 13.0 Å². The van der Waals surface area contributed by atoms with Crippen molar-refractivity contribution in [2.24, 2.45) is 4.99 Å². The van der Waals surface area contributed by atoms with E-state index in [1.54, 1.807) is 7.05 Å². The number of hydrogen-bond acceptors (Lipinski definition) is 3. The van der Waals surface area contributed by atoms with Gasteiger partial charge in [0.1, 0.15) is 0 Å². The molecule has 54 valence electrons. The van der Waals surface area contributed by atoms with E-state index in [4.69, 9.17) is 5.41 Å². The molecule has 0 atom stereocenters. The van der Waals surface area contributed by atoms with Gasteiger partial charge in [0, 0.05) is 25.0 Å². The minimum absolute atomic E-state index is 0.116. The molecule has 0 rings (SSSR count). The number of hydrogen-bond donors (Lipinski definition) is 1. The Morgan fingerprint density at radius 1 is 1.60 bits per heavy atom. The SMILES string of the molecule is C/N=C\C=C(/C=N)C(C)=O. The zero-order valence-electron chi connectivity index (χ0n) is 6.09. The average molecular weight is 138 g/mol. The van der Waals surface area contributed by atoms with Crippen LogP contribution in [0, 0.1) is 5.41 Å². The molecule has 0 aliphatic carbocycles. The van der Waals surface area contributed by atoms with Crippen LogP contribution in [-0.2, 0) is 4.79 Å². The van der Waals surface area contributed by atoms with E-state index in [1.165, 1.54) is 19.2 Å². The van der Waals surface area contributed by atoms with Crippen LogP contribution in [0.2, 0.25) is 0 Å². The van der Waals surface area contributed by atoms with Gasteiger partial charge >= 0.3 is 0 Å². The molecule has 0 aromatic carbocycles. The van der Waals surface area contributed by atoms with Crippen molar-refractivity contribution < 1.29 is 4.79 Å². The minimum Gasteiger partial charge on any atom is -0.308 e. The monoisotopic (exact) mass is 138 g/mol. The van der Waals surface area contributed by atoms with E-state index in [1.807, 2.05) is 0 Å². The first-order chi connectivity index (χ1) is 4.72. The van der Waals surface area contributed by atoms with E-state index in [0.717, 1.165) is 6.21 Å². The molecule has 0 saturated heterocycles. The second-order valence-corrected chi connectivity index (χ2v) is 1.73. The Hall–Kier alpha value is -1.25. The van der Waals surface area contributed by atoms with E-state index < -0.39 is 0 Å². The molecule has 0 aliphatic heterocycles. The van der Waals surface area contributed by atoms with Crippen LogP contribution in [0.4, 0.5) is 0 Å². The molecule has 0 saturated carbocycles. The number of nitrogens with zero attached hydrogens (tertiary/aromatic N) is 1. The maximum absolute atomic E-state index is 10.6. The number of Topliss-reactive ketones (excluding diaryl/α,β-unsaturated/α-hetero) is 1. The van der Waals surface area contributed by atoms with Crippen LogP contribution in [0.3, 0.4) is 0 Å². The van der Waals surface area contributed by atoms with Gasteiger partial charge in [-0.15, -0.1) is 0 Å². The van der Waals surface area contributed by atoms with Crippen molar-refractivity contribution in [2.75, 3.05) is 7.05 Å². The Morgan fingerprint density at radius 2 is 2.20 bits per heavy atom. The van der Waals surface area contributed by atoms with Gasteiger partial charge in [-0.1, -0.05) is 0 Å². The lowest BCUT2D eigenvalue weighted by atomic mass is 10.2. The summed E-state index contributed by atoms with van der Waals surface area (Å²) >= 11 is 0. The first-order valence-electron chi connectivity index (χ1n) is 2.86. The second kappa shape index (κ2) is 4.61. The van der Waals surface area contributed by atoms with Gasteiger partial charge in [-0.3, -0.25) is 9.79 Å². The van der Waals surface area contributed by atoms with Gasteiger partial charge < -0.3 is 5.41 Å². The lowest BCUT2D eigenvalue weighted by molar-refractivity contribution is -0.113. The molecule has 0 radical (unpaired) electrons. The Bertz CT molecular complexity index is 192. The van der Waals surface area contributed by atoms with Crippen molar-refractivity contribution in [3.63, 3.8) is 0 Å². The van der Waals surface area contributed by atoms with E-state index in [0.29, 0.717) is 5.57 Å². The maximum atomic E-state index is 10.6. The topological polar surface area (TPSA) is 53.3 Å². The highest BCUT2D eigenvalue weighted by atomic mass is 16.1. The molecule has 10 heavy (non-hydrogen) atoms. The number of ketones is 1. The van der Waals surface area contributed by atoms with Crippen molar-refractivity contribution >= 4 is 18.2 Å². The summed E-state index contributed by atoms with van der Waals surface area (Å²) in [5, 5.41) is 6.79. The summed E-state index contributed by atoms with van der Waals surface area (Å²) in [6.45, 7) is 1.42. The van der Waals surface area contributed by atoms with Crippen LogP contribution in [0.5, 0.6) is 0 Å². The van der Waals surface area contributed by atoms with Gasteiger partial charge in [0.05, 0.1) is 0 Å². The third-order valence-electron chi connectivity index (χ3n) is 0.965. The maximum Gasteiger partial charge on any atom is 0.161 e. The number of rotatable bonds is 3. The number of nitrogens with one attached hydrogen (secondary N) is 1. The summed E-state index contributed by atoms with van der Waals surface area (Å²) in [6, 6.07) is 0. The van der Waals surface area contributed by atoms with Crippen molar-refractivity contribution in [1.29, 1.82) is 5.41 Å². The third-order valence-corrected chi connectivity index (χ3v) is 0.965. The van der Waals surface area contributed by atoms with Crippen LogP contribution in [-0.4, -0.2) is 25.3 Å². The molecule has 0 heterocycles. The van der Waals surface area contributed by atoms with Crippen LogP contribution in [0.15, 0.2) is 16.6 Å². The number of carbonyl (C=O) groups is 1. The quantitative estimate of drug-likeness (QED) is 0.456. The molecule has 0 aromatic rings. The fourth-order valence-electron chi connectivity index (χ4n) is 0.422. The van der Waals surface area contributed by atoms with Gasteiger partial charge in [-0.25, -0.2) is 0 Å². The number of carbonyl (C=O) groups excluding carboxylic acids is 1. The largest absolute Gasteiger partial charge is 0.308 e. The molecule has 0 aliphatic rings. The Kier molecular flexibility index (Phi) is 4.04. The van der Waals surface area contributed by atoms with Crippen molar-refractivity contribution in [3.8, 4) is 0 Å². The standard InChI is InChI=1S/C7H10N2O/c1-6(10)7(5-8)3-4-9-2/h3-5,8H,1-2H3/b7-3+,8-5?,9-4-. The second-order valence-electron chi connectivity index (χ2n) is 1.73. The van der Waals surface area contributed by atoms with Crippen LogP contribution in [0.1, 0.15) is 6.92 Å². The van der Waals surface area contributed by atoms with E-state index >= 15 is 0 Å². The first-order valence-corrected chi connectivity index (χ1v) is 2.86. The van der Waals surface area contributed by atoms with Crippen LogP contribution >= 0.6 is 0 Å². The summed E-state index contributed by atoms with van der Waals surface area (Å²) in [5.74, 6) is -0.116. The lowest BCUT2D eigenvalue weighted by Gasteiger charge is -1.87. The normalized spacial score (nSPS) is 12.0. The summed E-state index contributed by atoms with van der Waals surface area (Å²) in [4.78, 5) is 14.2. The molecule has 0 unspecified atom stereocenters. The number of allylic oxidation sites excluding steroid dienone is 2. The van der Waals surface area contributed by atoms with Crippen LogP contribution < -0.4 is 0 Å². The highest BCUT2D eigenvalue weighted by Gasteiger charge is 1.95. The smallest absolute Gasteiger partial charge is 0.161 e. The molecule has 0 spiro atoms. The van der Waals surface area contributed by atoms with Crippen molar-refractivity contribution in [2.45, 2.75) is 6.92 Å². The molecule has 0 fully saturated rings. The lowest BCUT2D eigenvalue weighted by Crippen LogP contribution is -1.96. The zero-order chi connectivity index (χ0) is 7.98. The Balaban J connectivity index is 4.33. The zero-order valence-corrected chi connectivity index (χ0v) is 6.09. The highest BCUT2D eigenvalue weighted by Crippen LogP contribution is 1.88. The molecule has 1 N–H and O–H groups in total. The molecule has 0 amide bonds. The fourth-order valence-corrected chi connectivity index (χ4v) is 0.422. The predicted octanol–water partition coefficient (Wildman–Crippen LogP) is 0.852. The summed E-state index contributed by atoms with van der Waals surface area (Å²) < 4.78 is 0. The Labute approximate surface area is 60.0 Å². The predicted molar refractivity (Wildman–Crippen MR) is 42.0 cm³/mol. The average Bonchev–Trinajstić information content (AvgIpc) is 1.89. The number of aliphatic imine (C=N–C) groups is 1. The Morgan fingerprint density at radius 3 is 2.50 bits per heavy atom. The molecular formula is C7H10N2O. The molecule has 0 aromatic heterocycles. The van der Waals surface area contributed by atoms with Gasteiger partial charge in [0.2, 0.25) is 0 Å². The third kappa shape index (κ3) is 2.91. The summed E-state index contributed by atoms with van der Waals surface area (Å²) in [5.41, 5.74) is 0.366. The van der Waals surface area contributed by atoms with E-state index in [-0.39, 0.29) is 5.78 Å². The molecule has 3 nitrogen and oxygen atoms in total. The highest BCUT2D eigenvalue weighted by molar-refractivity contribution is 6.13. The summed E-state index contributed by atoms with van der Waals surface area (Å²) in [6.07, 6.45) is 4.01. The molecular weight excluding hydrogens is 128 g/mol. The van der Waals surface area contributed by atoms with Crippen molar-refractivity contribution in [1.82, 2.24) is 0 Å². The van der Waals surface area contributed by atoms with Gasteiger partial charge in [-0.2, -0.15) is 0 Å². The molecule has 0 bridgehead atoms. The molecule has 3 heteroatoms. The van der Waals surface area contributed by atoms with Crippen molar-refractivity contribution in [3.05, 3.63) is 11.6 Å². The first kappa shape index (κ1) is 8.75. The minimum atomic E-state index is -0.116. The van der Waals surface area contributed by atoms with Crippen LogP contribution in [0.25, 0.3) is 0 Å². The fraction of sp³-hybridized carbons (Fsp3) is 0.286.